The molecular weight excluding hydrogens is 176 g/mol. The first-order valence-electron chi connectivity index (χ1n) is 4.93. The Labute approximate surface area is 83.5 Å². The lowest BCUT2D eigenvalue weighted by atomic mass is 10.1. The summed E-state index contributed by atoms with van der Waals surface area (Å²) < 4.78 is 0. The smallest absolute Gasteiger partial charge is 0.228 e. The van der Waals surface area contributed by atoms with Crippen molar-refractivity contribution >= 4 is 11.6 Å². The first-order chi connectivity index (χ1) is 6.86. The van der Waals surface area contributed by atoms with E-state index in [9.17, 15) is 4.79 Å². The first kappa shape index (κ1) is 9.21. The van der Waals surface area contributed by atoms with Gasteiger partial charge in [0.15, 0.2) is 0 Å². The molecule has 0 bridgehead atoms. The van der Waals surface area contributed by atoms with Gasteiger partial charge in [-0.3, -0.25) is 4.79 Å². The van der Waals surface area contributed by atoms with E-state index in [0.29, 0.717) is 0 Å². The fourth-order valence-electron chi connectivity index (χ4n) is 1.64. The molecule has 1 atom stereocenters. The van der Waals surface area contributed by atoms with Gasteiger partial charge in [-0.2, -0.15) is 0 Å². The van der Waals surface area contributed by atoms with Crippen LogP contribution in [0.5, 0.6) is 0 Å². The lowest BCUT2D eigenvalue weighted by molar-refractivity contribution is -0.119. The molecule has 1 aromatic carbocycles. The van der Waals surface area contributed by atoms with Crippen molar-refractivity contribution in [3.63, 3.8) is 0 Å². The predicted molar refractivity (Wildman–Crippen MR) is 56.0 cm³/mol. The van der Waals surface area contributed by atoms with Gasteiger partial charge in [0, 0.05) is 12.2 Å². The Morgan fingerprint density at radius 2 is 2.14 bits per heavy atom. The molecular formula is C11H14N2O. The number of hydrogen-bond acceptors (Lipinski definition) is 2. The van der Waals surface area contributed by atoms with E-state index < -0.39 is 0 Å². The maximum absolute atomic E-state index is 11.7. The van der Waals surface area contributed by atoms with E-state index in [1.54, 1.807) is 0 Å². The van der Waals surface area contributed by atoms with Crippen molar-refractivity contribution in [2.45, 2.75) is 6.42 Å². The average Bonchev–Trinajstić information content (AvgIpc) is 2.72. The number of anilines is 1. The summed E-state index contributed by atoms with van der Waals surface area (Å²) in [6.07, 6.45) is 0.943. The van der Waals surface area contributed by atoms with Crippen LogP contribution in [-0.4, -0.2) is 19.0 Å². The third kappa shape index (κ3) is 2.12. The van der Waals surface area contributed by atoms with Crippen molar-refractivity contribution in [2.24, 2.45) is 5.92 Å². The first-order valence-corrected chi connectivity index (χ1v) is 4.93. The van der Waals surface area contributed by atoms with Crippen LogP contribution in [0.15, 0.2) is 30.3 Å². The SMILES string of the molecule is O=C(Nc1ccccc1)[C@@H]1CCNC1. The van der Waals surface area contributed by atoms with E-state index in [1.807, 2.05) is 30.3 Å². The van der Waals surface area contributed by atoms with Crippen LogP contribution in [0.25, 0.3) is 0 Å². The molecule has 1 heterocycles. The third-order valence-electron chi connectivity index (χ3n) is 2.47. The molecule has 2 N–H and O–H groups in total. The largest absolute Gasteiger partial charge is 0.326 e. The second-order valence-corrected chi connectivity index (χ2v) is 3.54. The number of para-hydroxylation sites is 1. The number of carbonyl (C=O) groups is 1. The van der Waals surface area contributed by atoms with Crippen LogP contribution in [0.1, 0.15) is 6.42 Å². The highest BCUT2D eigenvalue weighted by atomic mass is 16.1. The Hall–Kier alpha value is -1.35. The van der Waals surface area contributed by atoms with Gasteiger partial charge in [-0.1, -0.05) is 18.2 Å². The van der Waals surface area contributed by atoms with Gasteiger partial charge in [-0.15, -0.1) is 0 Å². The molecule has 1 aliphatic heterocycles. The fourth-order valence-corrected chi connectivity index (χ4v) is 1.64. The zero-order chi connectivity index (χ0) is 9.80. The molecule has 74 valence electrons. The lowest BCUT2D eigenvalue weighted by Crippen LogP contribution is -2.24. The highest BCUT2D eigenvalue weighted by Gasteiger charge is 2.21. The molecule has 3 nitrogen and oxygen atoms in total. The van der Waals surface area contributed by atoms with Crippen molar-refractivity contribution in [2.75, 3.05) is 18.4 Å². The monoisotopic (exact) mass is 190 g/mol. The standard InChI is InChI=1S/C11H14N2O/c14-11(9-6-7-12-8-9)13-10-4-2-1-3-5-10/h1-5,9,12H,6-8H2,(H,13,14)/t9-/m1/s1. The molecule has 0 radical (unpaired) electrons. The number of benzene rings is 1. The number of rotatable bonds is 2. The maximum Gasteiger partial charge on any atom is 0.228 e. The molecule has 0 aliphatic carbocycles. The number of hydrogen-bond donors (Lipinski definition) is 2. The Kier molecular flexibility index (Phi) is 2.79. The van der Waals surface area contributed by atoms with Crippen LogP contribution in [0.2, 0.25) is 0 Å². The fraction of sp³-hybridized carbons (Fsp3) is 0.364. The van der Waals surface area contributed by atoms with Crippen LogP contribution < -0.4 is 10.6 Å². The molecule has 1 aromatic rings. The van der Waals surface area contributed by atoms with E-state index in [-0.39, 0.29) is 11.8 Å². The van der Waals surface area contributed by atoms with Gasteiger partial charge < -0.3 is 10.6 Å². The van der Waals surface area contributed by atoms with Gasteiger partial charge in [0.2, 0.25) is 5.91 Å². The topological polar surface area (TPSA) is 41.1 Å². The summed E-state index contributed by atoms with van der Waals surface area (Å²) in [6, 6.07) is 9.58. The third-order valence-corrected chi connectivity index (χ3v) is 2.47. The van der Waals surface area contributed by atoms with E-state index in [4.69, 9.17) is 0 Å². The minimum atomic E-state index is 0.126. The molecule has 1 saturated heterocycles. The van der Waals surface area contributed by atoms with E-state index in [1.165, 1.54) is 0 Å². The van der Waals surface area contributed by atoms with Crippen LogP contribution in [0.3, 0.4) is 0 Å². The summed E-state index contributed by atoms with van der Waals surface area (Å²) in [5.41, 5.74) is 0.879. The van der Waals surface area contributed by atoms with Gasteiger partial charge in [0.25, 0.3) is 0 Å². The zero-order valence-corrected chi connectivity index (χ0v) is 7.99. The van der Waals surface area contributed by atoms with Gasteiger partial charge >= 0.3 is 0 Å². The summed E-state index contributed by atoms with van der Waals surface area (Å²) in [7, 11) is 0. The number of amides is 1. The minimum Gasteiger partial charge on any atom is -0.326 e. The van der Waals surface area contributed by atoms with Gasteiger partial charge in [0.1, 0.15) is 0 Å². The minimum absolute atomic E-state index is 0.126. The normalized spacial score (nSPS) is 20.7. The summed E-state index contributed by atoms with van der Waals surface area (Å²) in [4.78, 5) is 11.7. The molecule has 1 fully saturated rings. The lowest BCUT2D eigenvalue weighted by Gasteiger charge is -2.09. The number of nitrogens with one attached hydrogen (secondary N) is 2. The average molecular weight is 190 g/mol. The van der Waals surface area contributed by atoms with E-state index >= 15 is 0 Å². The van der Waals surface area contributed by atoms with Gasteiger partial charge in [-0.05, 0) is 25.1 Å². The predicted octanol–water partition coefficient (Wildman–Crippen LogP) is 1.23. The zero-order valence-electron chi connectivity index (χ0n) is 7.99. The second-order valence-electron chi connectivity index (χ2n) is 3.54. The summed E-state index contributed by atoms with van der Waals surface area (Å²) >= 11 is 0. The van der Waals surface area contributed by atoms with Crippen molar-refractivity contribution in [3.05, 3.63) is 30.3 Å². The summed E-state index contributed by atoms with van der Waals surface area (Å²) in [6.45, 7) is 1.76. The van der Waals surface area contributed by atoms with Crippen LogP contribution in [0.4, 0.5) is 5.69 Å². The quantitative estimate of drug-likeness (QED) is 0.736. The maximum atomic E-state index is 11.7. The van der Waals surface area contributed by atoms with Crippen molar-refractivity contribution in [1.82, 2.24) is 5.32 Å². The van der Waals surface area contributed by atoms with Crippen molar-refractivity contribution in [1.29, 1.82) is 0 Å². The molecule has 3 heteroatoms. The van der Waals surface area contributed by atoms with Crippen LogP contribution in [0, 0.1) is 5.92 Å². The van der Waals surface area contributed by atoms with Crippen molar-refractivity contribution < 1.29 is 4.79 Å². The van der Waals surface area contributed by atoms with Crippen LogP contribution >= 0.6 is 0 Å². The molecule has 0 aromatic heterocycles. The second kappa shape index (κ2) is 4.24. The molecule has 0 spiro atoms. The number of carbonyl (C=O) groups excluding carboxylic acids is 1. The van der Waals surface area contributed by atoms with Crippen LogP contribution in [-0.2, 0) is 4.79 Å². The van der Waals surface area contributed by atoms with Gasteiger partial charge in [0.05, 0.1) is 5.92 Å². The highest BCUT2D eigenvalue weighted by molar-refractivity contribution is 5.92. The van der Waals surface area contributed by atoms with E-state index in [2.05, 4.69) is 10.6 Å². The molecule has 0 saturated carbocycles. The summed E-state index contributed by atoms with van der Waals surface area (Å²) in [5.74, 6) is 0.261. The molecule has 14 heavy (non-hydrogen) atoms. The molecule has 0 unspecified atom stereocenters. The Bertz CT molecular complexity index is 304. The molecule has 1 aliphatic rings. The Morgan fingerprint density at radius 3 is 2.79 bits per heavy atom. The Balaban J connectivity index is 1.94. The highest BCUT2D eigenvalue weighted by Crippen LogP contribution is 2.12. The molecule has 2 rings (SSSR count). The van der Waals surface area contributed by atoms with Crippen molar-refractivity contribution in [3.8, 4) is 0 Å². The molecule has 1 amide bonds. The summed E-state index contributed by atoms with van der Waals surface area (Å²) in [5, 5.41) is 6.08. The van der Waals surface area contributed by atoms with E-state index in [0.717, 1.165) is 25.2 Å². The Morgan fingerprint density at radius 1 is 1.36 bits per heavy atom. The van der Waals surface area contributed by atoms with Gasteiger partial charge in [-0.25, -0.2) is 0 Å².